The Kier molecular flexibility index (Phi) is 7.02. The molecule has 1 unspecified atom stereocenters. The topological polar surface area (TPSA) is 49.3 Å². The largest absolute Gasteiger partial charge is 0.480 e. The van der Waals surface area contributed by atoms with Crippen LogP contribution in [0.15, 0.2) is 29.2 Å². The molecule has 1 aromatic rings. The van der Waals surface area contributed by atoms with Crippen LogP contribution < -0.4 is 5.32 Å². The van der Waals surface area contributed by atoms with Crippen LogP contribution in [0, 0.1) is 5.82 Å². The van der Waals surface area contributed by atoms with Crippen LogP contribution in [0.1, 0.15) is 33.1 Å². The van der Waals surface area contributed by atoms with E-state index in [9.17, 15) is 14.3 Å². The Morgan fingerprint density at radius 1 is 1.40 bits per heavy atom. The van der Waals surface area contributed by atoms with Crippen LogP contribution in [0.2, 0.25) is 0 Å². The summed E-state index contributed by atoms with van der Waals surface area (Å²) in [5, 5.41) is 12.4. The molecule has 20 heavy (non-hydrogen) atoms. The predicted molar refractivity (Wildman–Crippen MR) is 80.7 cm³/mol. The van der Waals surface area contributed by atoms with Crippen molar-refractivity contribution in [1.29, 1.82) is 0 Å². The number of hydrogen-bond donors (Lipinski definition) is 2. The van der Waals surface area contributed by atoms with E-state index in [1.165, 1.54) is 12.1 Å². The summed E-state index contributed by atoms with van der Waals surface area (Å²) in [6.07, 6.45) is 2.28. The van der Waals surface area contributed by atoms with Gasteiger partial charge in [0, 0.05) is 4.90 Å². The van der Waals surface area contributed by atoms with Gasteiger partial charge in [0.2, 0.25) is 0 Å². The van der Waals surface area contributed by atoms with Gasteiger partial charge in [-0.1, -0.05) is 6.92 Å². The first-order valence-corrected chi connectivity index (χ1v) is 7.83. The van der Waals surface area contributed by atoms with E-state index in [4.69, 9.17) is 0 Å². The molecule has 0 aromatic heterocycles. The van der Waals surface area contributed by atoms with Crippen molar-refractivity contribution in [2.45, 2.75) is 43.5 Å². The van der Waals surface area contributed by atoms with Gasteiger partial charge in [0.05, 0.1) is 0 Å². The average Bonchev–Trinajstić information content (AvgIpc) is 2.43. The molecular weight excluding hydrogens is 277 g/mol. The van der Waals surface area contributed by atoms with Crippen molar-refractivity contribution in [3.05, 3.63) is 30.1 Å². The number of carboxylic acids is 1. The molecule has 3 nitrogen and oxygen atoms in total. The van der Waals surface area contributed by atoms with Crippen molar-refractivity contribution in [3.8, 4) is 0 Å². The number of carbonyl (C=O) groups is 1. The molecule has 0 bridgehead atoms. The lowest BCUT2D eigenvalue weighted by atomic mass is 9.96. The van der Waals surface area contributed by atoms with E-state index in [0.717, 1.165) is 23.5 Å². The second-order valence-corrected chi connectivity index (χ2v) is 6.14. The fourth-order valence-corrected chi connectivity index (χ4v) is 2.67. The number of halogens is 1. The van der Waals surface area contributed by atoms with Gasteiger partial charge in [-0.2, -0.15) is 0 Å². The molecule has 0 saturated heterocycles. The second-order valence-electron chi connectivity index (χ2n) is 4.97. The van der Waals surface area contributed by atoms with E-state index in [1.807, 2.05) is 6.92 Å². The third-order valence-corrected chi connectivity index (χ3v) is 4.24. The maximum absolute atomic E-state index is 12.8. The molecule has 0 aliphatic heterocycles. The van der Waals surface area contributed by atoms with Gasteiger partial charge >= 0.3 is 5.97 Å². The van der Waals surface area contributed by atoms with Gasteiger partial charge in [-0.25, -0.2) is 4.39 Å². The minimum Gasteiger partial charge on any atom is -0.480 e. The smallest absolute Gasteiger partial charge is 0.323 e. The monoisotopic (exact) mass is 299 g/mol. The zero-order valence-electron chi connectivity index (χ0n) is 12.0. The average molecular weight is 299 g/mol. The zero-order valence-corrected chi connectivity index (χ0v) is 12.8. The molecule has 1 atom stereocenters. The van der Waals surface area contributed by atoms with Crippen LogP contribution in [0.4, 0.5) is 4.39 Å². The van der Waals surface area contributed by atoms with Crippen LogP contribution in [-0.2, 0) is 4.79 Å². The highest BCUT2D eigenvalue weighted by atomic mass is 32.2. The normalized spacial score (nSPS) is 13.9. The molecule has 0 amide bonds. The number of carboxylic acid groups (broad SMARTS) is 1. The zero-order chi connectivity index (χ0) is 15.0. The van der Waals surface area contributed by atoms with E-state index in [0.29, 0.717) is 13.0 Å². The quantitative estimate of drug-likeness (QED) is 0.541. The summed E-state index contributed by atoms with van der Waals surface area (Å²) in [6, 6.07) is 6.36. The van der Waals surface area contributed by atoms with Crippen molar-refractivity contribution in [2.75, 3.05) is 12.3 Å². The first-order chi connectivity index (χ1) is 9.48. The predicted octanol–water partition coefficient (Wildman–Crippen LogP) is 3.54. The highest BCUT2D eigenvalue weighted by Gasteiger charge is 2.31. The first kappa shape index (κ1) is 17.0. The number of rotatable bonds is 9. The Balaban J connectivity index is 2.37. The second kappa shape index (κ2) is 8.27. The van der Waals surface area contributed by atoms with Gasteiger partial charge in [-0.05, 0) is 62.7 Å². The highest BCUT2D eigenvalue weighted by molar-refractivity contribution is 7.99. The third kappa shape index (κ3) is 5.51. The van der Waals surface area contributed by atoms with E-state index < -0.39 is 11.5 Å². The molecule has 0 aliphatic rings. The summed E-state index contributed by atoms with van der Waals surface area (Å²) in [6.45, 7) is 4.45. The van der Waals surface area contributed by atoms with Crippen molar-refractivity contribution >= 4 is 17.7 Å². The van der Waals surface area contributed by atoms with Crippen LogP contribution in [0.5, 0.6) is 0 Å². The van der Waals surface area contributed by atoms with Gasteiger partial charge in [0.15, 0.2) is 0 Å². The molecule has 0 aliphatic carbocycles. The lowest BCUT2D eigenvalue weighted by molar-refractivity contribution is -0.144. The maximum atomic E-state index is 12.8. The molecule has 0 heterocycles. The van der Waals surface area contributed by atoms with Gasteiger partial charge in [-0.3, -0.25) is 4.79 Å². The molecule has 1 aromatic carbocycles. The number of nitrogens with one attached hydrogen (secondary N) is 1. The number of aliphatic carboxylic acids is 1. The minimum absolute atomic E-state index is 0.239. The maximum Gasteiger partial charge on any atom is 0.323 e. The number of thioether (sulfide) groups is 1. The minimum atomic E-state index is -0.862. The fraction of sp³-hybridized carbons (Fsp3) is 0.533. The van der Waals surface area contributed by atoms with Gasteiger partial charge < -0.3 is 10.4 Å². The highest BCUT2D eigenvalue weighted by Crippen LogP contribution is 2.22. The molecular formula is C15H22FNO2S. The SMILES string of the molecule is CCCNC(C)(CCCSc1ccc(F)cc1)C(=O)O. The fourth-order valence-electron chi connectivity index (χ4n) is 1.82. The summed E-state index contributed by atoms with van der Waals surface area (Å²) in [4.78, 5) is 12.3. The summed E-state index contributed by atoms with van der Waals surface area (Å²) in [5.41, 5.74) is -0.862. The van der Waals surface area contributed by atoms with Gasteiger partial charge in [0.1, 0.15) is 11.4 Å². The Morgan fingerprint density at radius 2 is 2.05 bits per heavy atom. The van der Waals surface area contributed by atoms with Crippen molar-refractivity contribution in [1.82, 2.24) is 5.32 Å². The van der Waals surface area contributed by atoms with Crippen LogP contribution in [-0.4, -0.2) is 28.9 Å². The summed E-state index contributed by atoms with van der Waals surface area (Å²) < 4.78 is 12.8. The van der Waals surface area contributed by atoms with E-state index >= 15 is 0 Å². The van der Waals surface area contributed by atoms with Crippen LogP contribution in [0.3, 0.4) is 0 Å². The van der Waals surface area contributed by atoms with E-state index in [1.54, 1.807) is 30.8 Å². The van der Waals surface area contributed by atoms with Crippen LogP contribution >= 0.6 is 11.8 Å². The first-order valence-electron chi connectivity index (χ1n) is 6.85. The standard InChI is InChI=1S/C15H22FNO2S/c1-3-10-17-15(2,14(18)19)9-4-11-20-13-7-5-12(16)6-8-13/h5-8,17H,3-4,9-11H2,1-2H3,(H,18,19). The van der Waals surface area contributed by atoms with Crippen molar-refractivity contribution in [3.63, 3.8) is 0 Å². The van der Waals surface area contributed by atoms with E-state index in [-0.39, 0.29) is 5.82 Å². The lowest BCUT2D eigenvalue weighted by Crippen LogP contribution is -2.49. The van der Waals surface area contributed by atoms with Gasteiger partial charge in [0.25, 0.3) is 0 Å². The van der Waals surface area contributed by atoms with Crippen molar-refractivity contribution in [2.24, 2.45) is 0 Å². The van der Waals surface area contributed by atoms with Gasteiger partial charge in [-0.15, -0.1) is 11.8 Å². The van der Waals surface area contributed by atoms with Crippen LogP contribution in [0.25, 0.3) is 0 Å². The van der Waals surface area contributed by atoms with E-state index in [2.05, 4.69) is 5.32 Å². The summed E-state index contributed by atoms with van der Waals surface area (Å²) in [5.74, 6) is -0.225. The third-order valence-electron chi connectivity index (χ3n) is 3.14. The summed E-state index contributed by atoms with van der Waals surface area (Å²) in [7, 11) is 0. The van der Waals surface area contributed by atoms with Crippen molar-refractivity contribution < 1.29 is 14.3 Å². The molecule has 0 fully saturated rings. The lowest BCUT2D eigenvalue weighted by Gasteiger charge is -2.26. The Morgan fingerprint density at radius 3 is 2.60 bits per heavy atom. The molecule has 5 heteroatoms. The number of hydrogen-bond acceptors (Lipinski definition) is 3. The molecule has 112 valence electrons. The molecule has 0 radical (unpaired) electrons. The molecule has 1 rings (SSSR count). The summed E-state index contributed by atoms with van der Waals surface area (Å²) >= 11 is 1.62. The number of benzene rings is 1. The molecule has 0 spiro atoms. The Labute approximate surface area is 124 Å². The molecule has 2 N–H and O–H groups in total. The molecule has 0 saturated carbocycles. The Bertz CT molecular complexity index is 424. The Hall–Kier alpha value is -1.07.